The van der Waals surface area contributed by atoms with E-state index < -0.39 is 28.5 Å². The van der Waals surface area contributed by atoms with Gasteiger partial charge < -0.3 is 10.2 Å². The van der Waals surface area contributed by atoms with E-state index in [1.807, 2.05) is 57.2 Å². The number of hydrogen-bond acceptors (Lipinski definition) is 4. The molecule has 1 atom stereocenters. The number of nitrogens with zero attached hydrogens (tertiary/aromatic N) is 2. The van der Waals surface area contributed by atoms with Crippen LogP contribution in [-0.4, -0.2) is 44.3 Å². The number of carbonyl (C=O) groups is 2. The Morgan fingerprint density at radius 3 is 2.08 bits per heavy atom. The van der Waals surface area contributed by atoms with Gasteiger partial charge >= 0.3 is 0 Å². The topological polar surface area (TPSA) is 86.8 Å². The zero-order valence-electron chi connectivity index (χ0n) is 23.6. The Morgan fingerprint density at radius 2 is 1.51 bits per heavy atom. The van der Waals surface area contributed by atoms with Crippen molar-refractivity contribution in [2.45, 2.75) is 64.9 Å². The van der Waals surface area contributed by atoms with Crippen molar-refractivity contribution in [3.8, 4) is 0 Å². The zero-order valence-corrected chi connectivity index (χ0v) is 24.5. The molecule has 0 radical (unpaired) electrons. The minimum absolute atomic E-state index is 0.0934. The molecule has 3 rings (SSSR count). The molecule has 208 valence electrons. The number of rotatable bonds is 11. The largest absolute Gasteiger partial charge is 0.355 e. The molecular weight excluding hydrogens is 510 g/mol. The van der Waals surface area contributed by atoms with E-state index in [2.05, 4.69) is 19.2 Å². The average Bonchev–Trinajstić information content (AvgIpc) is 2.90. The third-order valence-corrected chi connectivity index (χ3v) is 8.48. The van der Waals surface area contributed by atoms with Crippen LogP contribution in [0.25, 0.3) is 0 Å². The third kappa shape index (κ3) is 7.47. The van der Waals surface area contributed by atoms with Crippen molar-refractivity contribution >= 4 is 27.5 Å². The molecule has 0 aliphatic heterocycles. The SMILES string of the molecule is CCNC(=O)[C@@H](C)N(Cc1cccc(C)c1)C(=O)CN(c1ccc(C(C)C)cc1)S(=O)(=O)c1ccc(C)cc1. The molecule has 2 amide bonds. The number of carbonyl (C=O) groups excluding carboxylic acids is 2. The van der Waals surface area contributed by atoms with Gasteiger partial charge in [-0.05, 0) is 69.0 Å². The van der Waals surface area contributed by atoms with E-state index >= 15 is 0 Å². The van der Waals surface area contributed by atoms with Crippen LogP contribution in [-0.2, 0) is 26.2 Å². The summed E-state index contributed by atoms with van der Waals surface area (Å²) in [5.41, 5.74) is 4.25. The lowest BCUT2D eigenvalue weighted by atomic mass is 10.0. The highest BCUT2D eigenvalue weighted by molar-refractivity contribution is 7.92. The van der Waals surface area contributed by atoms with Crippen molar-refractivity contribution in [1.29, 1.82) is 0 Å². The highest BCUT2D eigenvalue weighted by atomic mass is 32.2. The van der Waals surface area contributed by atoms with Gasteiger partial charge in [-0.3, -0.25) is 13.9 Å². The van der Waals surface area contributed by atoms with E-state index in [9.17, 15) is 18.0 Å². The van der Waals surface area contributed by atoms with E-state index in [1.54, 1.807) is 43.3 Å². The van der Waals surface area contributed by atoms with Gasteiger partial charge in [-0.2, -0.15) is 0 Å². The predicted molar refractivity (Wildman–Crippen MR) is 156 cm³/mol. The maximum Gasteiger partial charge on any atom is 0.264 e. The molecule has 0 aliphatic carbocycles. The summed E-state index contributed by atoms with van der Waals surface area (Å²) < 4.78 is 28.9. The number of anilines is 1. The summed E-state index contributed by atoms with van der Waals surface area (Å²) >= 11 is 0. The van der Waals surface area contributed by atoms with Crippen LogP contribution in [0.1, 0.15) is 55.9 Å². The fourth-order valence-corrected chi connectivity index (χ4v) is 5.72. The number of benzene rings is 3. The predicted octanol–water partition coefficient (Wildman–Crippen LogP) is 5.18. The number of hydrogen-bond donors (Lipinski definition) is 1. The third-order valence-electron chi connectivity index (χ3n) is 6.69. The highest BCUT2D eigenvalue weighted by Crippen LogP contribution is 2.27. The summed E-state index contributed by atoms with van der Waals surface area (Å²) in [6.45, 7) is 11.6. The van der Waals surface area contributed by atoms with Crippen LogP contribution in [0.4, 0.5) is 5.69 Å². The maximum atomic E-state index is 13.9. The van der Waals surface area contributed by atoms with Crippen molar-refractivity contribution in [3.05, 3.63) is 95.1 Å². The molecule has 7 nitrogen and oxygen atoms in total. The van der Waals surface area contributed by atoms with Gasteiger partial charge in [-0.15, -0.1) is 0 Å². The van der Waals surface area contributed by atoms with Crippen LogP contribution in [0.5, 0.6) is 0 Å². The van der Waals surface area contributed by atoms with E-state index in [0.717, 1.165) is 26.6 Å². The number of amides is 2. The van der Waals surface area contributed by atoms with E-state index in [0.29, 0.717) is 12.2 Å². The van der Waals surface area contributed by atoms with Gasteiger partial charge in [0.2, 0.25) is 11.8 Å². The van der Waals surface area contributed by atoms with Gasteiger partial charge in [0, 0.05) is 13.1 Å². The van der Waals surface area contributed by atoms with Crippen molar-refractivity contribution in [2.75, 3.05) is 17.4 Å². The van der Waals surface area contributed by atoms with E-state index in [-0.39, 0.29) is 23.3 Å². The second-order valence-electron chi connectivity index (χ2n) is 10.2. The molecule has 39 heavy (non-hydrogen) atoms. The monoisotopic (exact) mass is 549 g/mol. The molecular formula is C31H39N3O4S. The summed E-state index contributed by atoms with van der Waals surface area (Å²) in [6.07, 6.45) is 0. The minimum Gasteiger partial charge on any atom is -0.355 e. The Labute approximate surface area is 232 Å². The molecule has 0 fully saturated rings. The number of nitrogens with one attached hydrogen (secondary N) is 1. The summed E-state index contributed by atoms with van der Waals surface area (Å²) in [5.74, 6) is -0.503. The molecule has 1 N–H and O–H groups in total. The fourth-order valence-electron chi connectivity index (χ4n) is 4.30. The smallest absolute Gasteiger partial charge is 0.264 e. The van der Waals surface area contributed by atoms with Crippen LogP contribution >= 0.6 is 0 Å². The Bertz CT molecular complexity index is 1380. The van der Waals surface area contributed by atoms with Gasteiger partial charge in [-0.1, -0.05) is 73.5 Å². The molecule has 3 aromatic rings. The molecule has 0 aromatic heterocycles. The molecule has 0 saturated heterocycles. The zero-order chi connectivity index (χ0) is 28.7. The first-order valence-electron chi connectivity index (χ1n) is 13.3. The van der Waals surface area contributed by atoms with Crippen molar-refractivity contribution < 1.29 is 18.0 Å². The Hall–Kier alpha value is -3.65. The lowest BCUT2D eigenvalue weighted by Crippen LogP contribution is -2.51. The number of likely N-dealkylation sites (N-methyl/N-ethyl adjacent to an activating group) is 1. The van der Waals surface area contributed by atoms with Gasteiger partial charge in [0.05, 0.1) is 10.6 Å². The number of aryl methyl sites for hydroxylation is 2. The van der Waals surface area contributed by atoms with E-state index in [1.165, 1.54) is 4.90 Å². The lowest BCUT2D eigenvalue weighted by Gasteiger charge is -2.32. The Balaban J connectivity index is 2.04. The standard InChI is InChI=1S/C31H39N3O4S/c1-7-32-31(36)25(6)33(20-26-10-8-9-24(5)19-26)30(35)21-34(28-15-13-27(14-16-28)22(2)3)39(37,38)29-17-11-23(4)12-18-29/h8-19,22,25H,7,20-21H2,1-6H3,(H,32,36)/t25-/m1/s1. The normalized spacial score (nSPS) is 12.2. The van der Waals surface area contributed by atoms with Crippen LogP contribution in [0, 0.1) is 13.8 Å². The quantitative estimate of drug-likeness (QED) is 0.357. The van der Waals surface area contributed by atoms with Crippen molar-refractivity contribution in [2.24, 2.45) is 0 Å². The number of sulfonamides is 1. The summed E-state index contributed by atoms with van der Waals surface area (Å²) in [7, 11) is -4.08. The second kappa shape index (κ2) is 12.9. The summed E-state index contributed by atoms with van der Waals surface area (Å²) in [4.78, 5) is 28.3. The lowest BCUT2D eigenvalue weighted by molar-refractivity contribution is -0.139. The fraction of sp³-hybridized carbons (Fsp3) is 0.355. The molecule has 0 heterocycles. The molecule has 0 unspecified atom stereocenters. The molecule has 3 aromatic carbocycles. The van der Waals surface area contributed by atoms with E-state index in [4.69, 9.17) is 0 Å². The van der Waals surface area contributed by atoms with Gasteiger partial charge in [0.25, 0.3) is 10.0 Å². The van der Waals surface area contributed by atoms with Gasteiger partial charge in [0.15, 0.2) is 0 Å². The summed E-state index contributed by atoms with van der Waals surface area (Å²) in [5, 5.41) is 2.78. The second-order valence-corrected chi connectivity index (χ2v) is 12.0. The van der Waals surface area contributed by atoms with Gasteiger partial charge in [0.1, 0.15) is 12.6 Å². The molecule has 0 spiro atoms. The molecule has 0 bridgehead atoms. The van der Waals surface area contributed by atoms with Gasteiger partial charge in [-0.25, -0.2) is 8.42 Å². The first-order valence-corrected chi connectivity index (χ1v) is 14.7. The molecule has 8 heteroatoms. The van der Waals surface area contributed by atoms with Crippen LogP contribution < -0.4 is 9.62 Å². The maximum absolute atomic E-state index is 13.9. The highest BCUT2D eigenvalue weighted by Gasteiger charge is 2.32. The minimum atomic E-state index is -4.08. The van der Waals surface area contributed by atoms with Crippen molar-refractivity contribution in [3.63, 3.8) is 0 Å². The average molecular weight is 550 g/mol. The Kier molecular flexibility index (Phi) is 9.92. The van der Waals surface area contributed by atoms with Crippen LogP contribution in [0.2, 0.25) is 0 Å². The molecule has 0 saturated carbocycles. The first kappa shape index (κ1) is 29.9. The first-order chi connectivity index (χ1) is 18.4. The van der Waals surface area contributed by atoms with Crippen LogP contribution in [0.15, 0.2) is 77.7 Å². The summed E-state index contributed by atoms with van der Waals surface area (Å²) in [6, 6.07) is 20.7. The Morgan fingerprint density at radius 1 is 0.872 bits per heavy atom. The van der Waals surface area contributed by atoms with Crippen molar-refractivity contribution in [1.82, 2.24) is 10.2 Å². The molecule has 0 aliphatic rings. The van der Waals surface area contributed by atoms with Crippen LogP contribution in [0.3, 0.4) is 0 Å².